The van der Waals surface area contributed by atoms with Crippen LogP contribution in [0.2, 0.25) is 0 Å². The van der Waals surface area contributed by atoms with Crippen LogP contribution in [0.15, 0.2) is 24.4 Å². The van der Waals surface area contributed by atoms with Crippen molar-refractivity contribution >= 4 is 5.91 Å². The fourth-order valence-corrected chi connectivity index (χ4v) is 3.97. The van der Waals surface area contributed by atoms with E-state index in [2.05, 4.69) is 15.5 Å². The van der Waals surface area contributed by atoms with E-state index in [1.807, 2.05) is 0 Å². The topological polar surface area (TPSA) is 94.2 Å². The molecular weight excluding hydrogens is 541 g/mol. The number of nitrogens with zero attached hydrogens (tertiary/aromatic N) is 4. The van der Waals surface area contributed by atoms with E-state index in [1.165, 1.54) is 0 Å². The third-order valence-corrected chi connectivity index (χ3v) is 6.02. The van der Waals surface area contributed by atoms with Crippen LogP contribution in [0.5, 0.6) is 5.75 Å². The van der Waals surface area contributed by atoms with Crippen molar-refractivity contribution < 1.29 is 54.2 Å². The molecule has 1 aliphatic heterocycles. The highest BCUT2D eigenvalue weighted by atomic mass is 19.4. The first-order valence-electron chi connectivity index (χ1n) is 10.6. The summed E-state index contributed by atoms with van der Waals surface area (Å²) < 4.78 is 129. The molecule has 0 radical (unpaired) electrons. The van der Waals surface area contributed by atoms with E-state index in [-0.39, 0.29) is 24.0 Å². The molecule has 17 heteroatoms. The molecule has 1 fully saturated rings. The molecule has 0 spiro atoms. The number of aromatic nitrogens is 4. The van der Waals surface area contributed by atoms with Crippen LogP contribution in [0.25, 0.3) is 16.9 Å². The van der Waals surface area contributed by atoms with Crippen LogP contribution in [0.4, 0.5) is 39.5 Å². The Bertz CT molecular complexity index is 1450. The highest BCUT2D eigenvalue weighted by molar-refractivity contribution is 5.98. The largest absolute Gasteiger partial charge is 0.459 e. The van der Waals surface area contributed by atoms with E-state index in [4.69, 9.17) is 4.74 Å². The van der Waals surface area contributed by atoms with E-state index in [0.29, 0.717) is 15.4 Å². The summed E-state index contributed by atoms with van der Waals surface area (Å²) in [5, 5.41) is 18.9. The van der Waals surface area contributed by atoms with Crippen molar-refractivity contribution in [1.82, 2.24) is 24.9 Å². The van der Waals surface area contributed by atoms with Gasteiger partial charge in [0.1, 0.15) is 11.4 Å². The van der Waals surface area contributed by atoms with Gasteiger partial charge in [-0.2, -0.15) is 49.7 Å². The quantitative estimate of drug-likeness (QED) is 0.365. The second-order valence-corrected chi connectivity index (χ2v) is 8.73. The predicted octanol–water partition coefficient (Wildman–Crippen LogP) is 4.52. The number of ether oxygens (including phenoxy) is 1. The minimum Gasteiger partial charge on any atom is -0.448 e. The van der Waals surface area contributed by atoms with Crippen LogP contribution in [0.1, 0.15) is 46.5 Å². The molecule has 3 heterocycles. The van der Waals surface area contributed by atoms with Crippen molar-refractivity contribution in [1.29, 1.82) is 0 Å². The third-order valence-electron chi connectivity index (χ3n) is 6.02. The molecule has 2 N–H and O–H groups in total. The van der Waals surface area contributed by atoms with Crippen molar-refractivity contribution in [3.8, 4) is 22.7 Å². The number of rotatable bonds is 4. The number of carbonyl (C=O) groups is 1. The first kappa shape index (κ1) is 25.9. The number of aryl methyl sites for hydroxylation is 1. The molecule has 204 valence electrons. The smallest absolute Gasteiger partial charge is 0.448 e. The molecule has 3 aromatic rings. The van der Waals surface area contributed by atoms with Crippen LogP contribution in [-0.2, 0) is 19.1 Å². The maximum Gasteiger partial charge on any atom is 0.459 e. The highest BCUT2D eigenvalue weighted by Crippen LogP contribution is 2.51. The van der Waals surface area contributed by atoms with Gasteiger partial charge >= 0.3 is 18.3 Å². The summed E-state index contributed by atoms with van der Waals surface area (Å²) in [6, 6.07) is 2.19. The number of hydrogen-bond donors (Lipinski definition) is 2. The average Bonchev–Trinajstić information content (AvgIpc) is 3.21. The molecule has 0 saturated heterocycles. The Hall–Kier alpha value is -3.76. The summed E-state index contributed by atoms with van der Waals surface area (Å²) in [5.41, 5.74) is -6.82. The number of fused-ring (bicyclic) bond motifs is 3. The number of hydrogen-bond acceptors (Lipinski definition) is 5. The third kappa shape index (κ3) is 3.95. The molecule has 1 unspecified atom stereocenters. The summed E-state index contributed by atoms with van der Waals surface area (Å²) in [7, 11) is 0.977. The van der Waals surface area contributed by atoms with Crippen molar-refractivity contribution in [2.24, 2.45) is 7.05 Å². The molecule has 0 bridgehead atoms. The Morgan fingerprint density at radius 1 is 1.16 bits per heavy atom. The van der Waals surface area contributed by atoms with Crippen LogP contribution < -0.4 is 10.1 Å². The number of carbonyl (C=O) groups excluding carboxylic acids is 1. The van der Waals surface area contributed by atoms with E-state index in [9.17, 15) is 45.0 Å². The van der Waals surface area contributed by atoms with Gasteiger partial charge in [-0.1, -0.05) is 6.07 Å². The zero-order valence-corrected chi connectivity index (χ0v) is 18.8. The van der Waals surface area contributed by atoms with Gasteiger partial charge in [0.15, 0.2) is 17.3 Å². The lowest BCUT2D eigenvalue weighted by Crippen LogP contribution is -2.37. The van der Waals surface area contributed by atoms with Gasteiger partial charge in [0.2, 0.25) is 0 Å². The summed E-state index contributed by atoms with van der Waals surface area (Å²) in [6.45, 7) is 0. The van der Waals surface area contributed by atoms with E-state index < -0.39 is 70.3 Å². The van der Waals surface area contributed by atoms with E-state index in [0.717, 1.165) is 25.4 Å². The molecule has 1 aromatic carbocycles. The number of halogens is 9. The predicted molar refractivity (Wildman–Crippen MR) is 107 cm³/mol. The number of benzene rings is 1. The molecule has 2 aromatic heterocycles. The minimum atomic E-state index is -6.08. The first-order chi connectivity index (χ1) is 17.4. The molecule has 1 amide bonds. The van der Waals surface area contributed by atoms with Gasteiger partial charge in [0, 0.05) is 12.6 Å². The van der Waals surface area contributed by atoms with Gasteiger partial charge < -0.3 is 15.2 Å². The molecular formula is C21H14F9N5O3. The minimum absolute atomic E-state index is 0.125. The van der Waals surface area contributed by atoms with Crippen LogP contribution in [0, 0.1) is 0 Å². The van der Waals surface area contributed by atoms with Crippen molar-refractivity contribution in [2.75, 3.05) is 0 Å². The standard InChI is InChI=1S/C21H14F9N5O3/c1-34-17-13(14(33-34)19(23,24)21(28,29)30)38-15(22)12-10(7-31-35(12)17)8-2-3-11(20(25,26)27)9(6-8)16(36)32-18(37)4-5-18/h2-3,6-7,15,37H,4-5H2,1H3,(H,32,36). The molecule has 1 atom stereocenters. The van der Waals surface area contributed by atoms with Crippen molar-refractivity contribution in [3.05, 3.63) is 46.9 Å². The maximum atomic E-state index is 15.1. The summed E-state index contributed by atoms with van der Waals surface area (Å²) in [4.78, 5) is 12.6. The van der Waals surface area contributed by atoms with Crippen LogP contribution >= 0.6 is 0 Å². The molecule has 1 saturated carbocycles. The monoisotopic (exact) mass is 555 g/mol. The number of nitrogens with one attached hydrogen (secondary N) is 1. The Balaban J connectivity index is 1.63. The van der Waals surface area contributed by atoms with Crippen molar-refractivity contribution in [2.45, 2.75) is 43.2 Å². The lowest BCUT2D eigenvalue weighted by atomic mass is 9.98. The second kappa shape index (κ2) is 7.87. The molecule has 8 nitrogen and oxygen atoms in total. The summed E-state index contributed by atoms with van der Waals surface area (Å²) >= 11 is 0. The summed E-state index contributed by atoms with van der Waals surface area (Å²) in [5.74, 6) is -8.59. The summed E-state index contributed by atoms with van der Waals surface area (Å²) in [6.07, 6.45) is -12.6. The Labute approximate surface area is 205 Å². The van der Waals surface area contributed by atoms with Gasteiger partial charge in [-0.25, -0.2) is 9.36 Å². The van der Waals surface area contributed by atoms with Gasteiger partial charge in [-0.05, 0) is 30.5 Å². The molecule has 38 heavy (non-hydrogen) atoms. The zero-order chi connectivity index (χ0) is 28.0. The Morgan fingerprint density at radius 3 is 2.39 bits per heavy atom. The SMILES string of the molecule is Cn1nc(C(F)(F)C(F)(F)F)c2c1-n1ncc(-c3ccc(C(F)(F)F)c(C(=O)NC4(O)CC4)c3)c1C(F)O2. The maximum absolute atomic E-state index is 15.1. The van der Waals surface area contributed by atoms with E-state index in [1.54, 1.807) is 0 Å². The molecule has 2 aliphatic rings. The van der Waals surface area contributed by atoms with Crippen molar-refractivity contribution in [3.63, 3.8) is 0 Å². The zero-order valence-electron chi connectivity index (χ0n) is 18.8. The number of alkyl halides is 9. The number of aliphatic hydroxyl groups is 1. The van der Waals surface area contributed by atoms with Gasteiger partial charge in [0.05, 0.1) is 17.3 Å². The first-order valence-corrected chi connectivity index (χ1v) is 10.6. The van der Waals surface area contributed by atoms with E-state index >= 15 is 4.39 Å². The van der Waals surface area contributed by atoms with Gasteiger partial charge in [0.25, 0.3) is 12.3 Å². The Kier molecular flexibility index (Phi) is 5.36. The highest BCUT2D eigenvalue weighted by Gasteiger charge is 2.63. The molecule has 1 aliphatic carbocycles. The van der Waals surface area contributed by atoms with Gasteiger partial charge in [-0.3, -0.25) is 4.79 Å². The average molecular weight is 555 g/mol. The molecule has 5 rings (SSSR count). The van der Waals surface area contributed by atoms with Crippen LogP contribution in [-0.4, -0.2) is 42.5 Å². The van der Waals surface area contributed by atoms with Gasteiger partial charge in [-0.15, -0.1) is 0 Å². The normalized spacial score (nSPS) is 18.4. The lowest BCUT2D eigenvalue weighted by molar-refractivity contribution is -0.291. The lowest BCUT2D eigenvalue weighted by Gasteiger charge is -2.24. The second-order valence-electron chi connectivity index (χ2n) is 8.73. The van der Waals surface area contributed by atoms with Crippen LogP contribution in [0.3, 0.4) is 0 Å². The fourth-order valence-electron chi connectivity index (χ4n) is 3.97. The number of amides is 1. The Morgan fingerprint density at radius 2 is 1.82 bits per heavy atom. The fraction of sp³-hybridized carbons (Fsp3) is 0.381.